The molecule has 1 rings (SSSR count). The zero-order valence-electron chi connectivity index (χ0n) is 6.83. The van der Waals surface area contributed by atoms with Crippen molar-refractivity contribution in [1.82, 2.24) is 0 Å². The molecule has 0 saturated heterocycles. The van der Waals surface area contributed by atoms with Crippen molar-refractivity contribution in [3.05, 3.63) is 54.1 Å². The van der Waals surface area contributed by atoms with Crippen molar-refractivity contribution in [2.45, 2.75) is 5.88 Å². The first-order chi connectivity index (χ1) is 5.86. The molecule has 1 heteroatoms. The van der Waals surface area contributed by atoms with Gasteiger partial charge in [-0.05, 0) is 11.1 Å². The summed E-state index contributed by atoms with van der Waals surface area (Å²) < 4.78 is 0. The van der Waals surface area contributed by atoms with Gasteiger partial charge in [0.2, 0.25) is 0 Å². The topological polar surface area (TPSA) is 0 Å². The standard InChI is InChI=1S/C11H11Cl/c1-2-3-4-10-5-7-11(9-12)8-6-10/h2-8H,1,9H2. The van der Waals surface area contributed by atoms with E-state index in [1.165, 1.54) is 5.56 Å². The third kappa shape index (κ3) is 2.55. The Morgan fingerprint density at radius 2 is 1.92 bits per heavy atom. The van der Waals surface area contributed by atoms with Gasteiger partial charge in [-0.25, -0.2) is 0 Å². The monoisotopic (exact) mass is 178 g/mol. The first-order valence-corrected chi connectivity index (χ1v) is 4.34. The Balaban J connectivity index is 2.77. The minimum absolute atomic E-state index is 0.575. The second-order valence-electron chi connectivity index (χ2n) is 2.47. The quantitative estimate of drug-likeness (QED) is 0.490. The summed E-state index contributed by atoms with van der Waals surface area (Å²) in [5, 5.41) is 0. The van der Waals surface area contributed by atoms with Crippen LogP contribution in [0.15, 0.2) is 43.0 Å². The van der Waals surface area contributed by atoms with Gasteiger partial charge in [-0.3, -0.25) is 0 Å². The highest BCUT2D eigenvalue weighted by Crippen LogP contribution is 2.07. The van der Waals surface area contributed by atoms with Crippen molar-refractivity contribution in [2.75, 3.05) is 0 Å². The molecule has 1 aromatic carbocycles. The predicted molar refractivity (Wildman–Crippen MR) is 55.2 cm³/mol. The third-order valence-corrected chi connectivity index (χ3v) is 1.87. The summed E-state index contributed by atoms with van der Waals surface area (Å²) in [7, 11) is 0. The summed E-state index contributed by atoms with van der Waals surface area (Å²) in [6.45, 7) is 3.60. The highest BCUT2D eigenvalue weighted by molar-refractivity contribution is 6.17. The molecule has 0 heterocycles. The summed E-state index contributed by atoms with van der Waals surface area (Å²) in [6.07, 6.45) is 5.68. The van der Waals surface area contributed by atoms with Crippen molar-refractivity contribution >= 4 is 17.7 Å². The average Bonchev–Trinajstić information content (AvgIpc) is 2.15. The van der Waals surface area contributed by atoms with Crippen molar-refractivity contribution < 1.29 is 0 Å². The van der Waals surface area contributed by atoms with Crippen LogP contribution in [0.3, 0.4) is 0 Å². The van der Waals surface area contributed by atoms with E-state index in [9.17, 15) is 0 Å². The average molecular weight is 179 g/mol. The number of rotatable bonds is 3. The van der Waals surface area contributed by atoms with Gasteiger partial charge in [0.15, 0.2) is 0 Å². The molecule has 0 unspecified atom stereocenters. The molecule has 0 atom stereocenters. The predicted octanol–water partition coefficient (Wildman–Crippen LogP) is 3.62. The van der Waals surface area contributed by atoms with E-state index in [0.717, 1.165) is 5.56 Å². The summed E-state index contributed by atoms with van der Waals surface area (Å²) in [5.74, 6) is 0.575. The van der Waals surface area contributed by atoms with Crippen LogP contribution in [-0.2, 0) is 5.88 Å². The van der Waals surface area contributed by atoms with Crippen molar-refractivity contribution in [3.8, 4) is 0 Å². The van der Waals surface area contributed by atoms with E-state index in [-0.39, 0.29) is 0 Å². The fraction of sp³-hybridized carbons (Fsp3) is 0.0909. The van der Waals surface area contributed by atoms with Crippen LogP contribution in [0.25, 0.3) is 6.08 Å². The maximum Gasteiger partial charge on any atom is 0.0474 e. The molecule has 0 aromatic heterocycles. The molecule has 1 aromatic rings. The van der Waals surface area contributed by atoms with Crippen LogP contribution in [0.5, 0.6) is 0 Å². The molecule has 12 heavy (non-hydrogen) atoms. The Labute approximate surface area is 78.2 Å². The Morgan fingerprint density at radius 3 is 2.42 bits per heavy atom. The molecule has 0 saturated carbocycles. The van der Waals surface area contributed by atoms with Crippen molar-refractivity contribution in [2.24, 2.45) is 0 Å². The van der Waals surface area contributed by atoms with Crippen LogP contribution in [0, 0.1) is 0 Å². The summed E-state index contributed by atoms with van der Waals surface area (Å²) in [4.78, 5) is 0. The maximum atomic E-state index is 5.65. The van der Waals surface area contributed by atoms with E-state index in [1.807, 2.05) is 36.4 Å². The molecule has 0 bridgehead atoms. The van der Waals surface area contributed by atoms with Gasteiger partial charge < -0.3 is 0 Å². The number of allylic oxidation sites excluding steroid dienone is 2. The number of alkyl halides is 1. The highest BCUT2D eigenvalue weighted by Gasteiger charge is 1.88. The normalized spacial score (nSPS) is 10.4. The van der Waals surface area contributed by atoms with Gasteiger partial charge in [0.25, 0.3) is 0 Å². The molecule has 0 radical (unpaired) electrons. The Morgan fingerprint density at radius 1 is 1.25 bits per heavy atom. The number of hydrogen-bond donors (Lipinski definition) is 0. The van der Waals surface area contributed by atoms with E-state index < -0.39 is 0 Å². The first kappa shape index (κ1) is 9.08. The molecule has 0 nitrogen and oxygen atoms in total. The number of halogens is 1. The first-order valence-electron chi connectivity index (χ1n) is 3.81. The fourth-order valence-corrected chi connectivity index (χ4v) is 1.08. The molecule has 0 fully saturated rings. The second kappa shape index (κ2) is 4.78. The lowest BCUT2D eigenvalue weighted by atomic mass is 10.1. The summed E-state index contributed by atoms with van der Waals surface area (Å²) in [5.41, 5.74) is 2.32. The zero-order valence-corrected chi connectivity index (χ0v) is 7.59. The van der Waals surface area contributed by atoms with Gasteiger partial charge >= 0.3 is 0 Å². The van der Waals surface area contributed by atoms with E-state index in [0.29, 0.717) is 5.88 Å². The molecule has 0 amide bonds. The number of benzene rings is 1. The lowest BCUT2D eigenvalue weighted by molar-refractivity contribution is 1.40. The third-order valence-electron chi connectivity index (χ3n) is 1.56. The smallest absolute Gasteiger partial charge is 0.0474 e. The second-order valence-corrected chi connectivity index (χ2v) is 2.74. The molecular formula is C11H11Cl. The minimum Gasteiger partial charge on any atom is -0.122 e. The van der Waals surface area contributed by atoms with Crippen LogP contribution in [0.2, 0.25) is 0 Å². The molecule has 0 aliphatic heterocycles. The van der Waals surface area contributed by atoms with Crippen molar-refractivity contribution in [3.63, 3.8) is 0 Å². The molecule has 0 N–H and O–H groups in total. The van der Waals surface area contributed by atoms with Gasteiger partial charge in [0.05, 0.1) is 0 Å². The Kier molecular flexibility index (Phi) is 3.62. The van der Waals surface area contributed by atoms with Gasteiger partial charge in [-0.2, -0.15) is 0 Å². The number of hydrogen-bond acceptors (Lipinski definition) is 0. The van der Waals surface area contributed by atoms with Crippen LogP contribution in [0.1, 0.15) is 11.1 Å². The Bertz CT molecular complexity index is 270. The van der Waals surface area contributed by atoms with Crippen LogP contribution in [0.4, 0.5) is 0 Å². The lowest BCUT2D eigenvalue weighted by Gasteiger charge is -1.95. The van der Waals surface area contributed by atoms with E-state index in [1.54, 1.807) is 6.08 Å². The Hall–Kier alpha value is -1.01. The van der Waals surface area contributed by atoms with Gasteiger partial charge in [0.1, 0.15) is 0 Å². The van der Waals surface area contributed by atoms with E-state index in [4.69, 9.17) is 11.6 Å². The highest BCUT2D eigenvalue weighted by atomic mass is 35.5. The van der Waals surface area contributed by atoms with Crippen LogP contribution in [-0.4, -0.2) is 0 Å². The van der Waals surface area contributed by atoms with Crippen LogP contribution >= 0.6 is 11.6 Å². The molecule has 0 aliphatic carbocycles. The molecular weight excluding hydrogens is 168 g/mol. The van der Waals surface area contributed by atoms with Crippen LogP contribution < -0.4 is 0 Å². The van der Waals surface area contributed by atoms with Crippen molar-refractivity contribution in [1.29, 1.82) is 0 Å². The largest absolute Gasteiger partial charge is 0.122 e. The van der Waals surface area contributed by atoms with Gasteiger partial charge in [0, 0.05) is 5.88 Å². The van der Waals surface area contributed by atoms with E-state index in [2.05, 4.69) is 6.58 Å². The summed E-state index contributed by atoms with van der Waals surface area (Å²) in [6, 6.07) is 8.13. The van der Waals surface area contributed by atoms with Gasteiger partial charge in [-0.15, -0.1) is 11.6 Å². The SMILES string of the molecule is C=CC=Cc1ccc(CCl)cc1. The van der Waals surface area contributed by atoms with Gasteiger partial charge in [-0.1, -0.05) is 49.1 Å². The van der Waals surface area contributed by atoms with E-state index >= 15 is 0 Å². The molecule has 62 valence electrons. The zero-order chi connectivity index (χ0) is 8.81. The molecule has 0 spiro atoms. The minimum atomic E-state index is 0.575. The summed E-state index contributed by atoms with van der Waals surface area (Å²) >= 11 is 5.65. The molecule has 0 aliphatic rings. The lowest BCUT2D eigenvalue weighted by Crippen LogP contribution is -1.76. The maximum absolute atomic E-state index is 5.65. The fourth-order valence-electron chi connectivity index (χ4n) is 0.897.